The number of hydrogen-bond acceptors (Lipinski definition) is 7. The molecular weight excluding hydrogens is 368 g/mol. The van der Waals surface area contributed by atoms with Crippen molar-refractivity contribution >= 4 is 5.95 Å². The molecule has 0 saturated carbocycles. The van der Waals surface area contributed by atoms with Gasteiger partial charge >= 0.3 is 0 Å². The zero-order valence-electron chi connectivity index (χ0n) is 17.0. The normalized spacial score (nSPS) is 20.2. The summed E-state index contributed by atoms with van der Waals surface area (Å²) in [6, 6.07) is 10.3. The predicted octanol–water partition coefficient (Wildman–Crippen LogP) is 2.12. The Kier molecular flexibility index (Phi) is 5.82. The van der Waals surface area contributed by atoms with Gasteiger partial charge in [0.05, 0.1) is 18.2 Å². The Hall–Kier alpha value is -2.84. The van der Waals surface area contributed by atoms with E-state index in [9.17, 15) is 0 Å². The highest BCUT2D eigenvalue weighted by Crippen LogP contribution is 2.28. The van der Waals surface area contributed by atoms with Crippen LogP contribution in [0.2, 0.25) is 0 Å². The minimum absolute atomic E-state index is 0.00254. The molecule has 2 aromatic heterocycles. The third-order valence-electron chi connectivity index (χ3n) is 5.46. The molecule has 4 rings (SSSR count). The number of benzene rings is 1. The lowest BCUT2D eigenvalue weighted by Crippen LogP contribution is -2.27. The molecule has 0 spiro atoms. The Morgan fingerprint density at radius 3 is 2.38 bits per heavy atom. The molecule has 0 amide bonds. The maximum atomic E-state index is 5.61. The van der Waals surface area contributed by atoms with E-state index in [0.717, 1.165) is 17.5 Å². The first-order valence-electron chi connectivity index (χ1n) is 9.74. The van der Waals surface area contributed by atoms with Crippen LogP contribution in [0.1, 0.15) is 29.9 Å². The fourth-order valence-corrected chi connectivity index (χ4v) is 3.80. The molecule has 0 aliphatic carbocycles. The topological polar surface area (TPSA) is 78.2 Å². The van der Waals surface area contributed by atoms with E-state index < -0.39 is 0 Å². The molecular formula is C21H26N6O2. The molecule has 8 heteroatoms. The van der Waals surface area contributed by atoms with E-state index in [1.54, 1.807) is 32.8 Å². The smallest absolute Gasteiger partial charge is 0.227 e. The molecule has 152 valence electrons. The Bertz CT molecular complexity index is 905. The zero-order chi connectivity index (χ0) is 20.2. The lowest BCUT2D eigenvalue weighted by atomic mass is 10.1. The third kappa shape index (κ3) is 3.99. The Morgan fingerprint density at radius 1 is 1.03 bits per heavy atom. The molecule has 0 bridgehead atoms. The molecule has 1 aliphatic heterocycles. The summed E-state index contributed by atoms with van der Waals surface area (Å²) in [5.41, 5.74) is 2.05. The van der Waals surface area contributed by atoms with Gasteiger partial charge in [0.25, 0.3) is 0 Å². The highest BCUT2D eigenvalue weighted by Gasteiger charge is 2.36. The van der Waals surface area contributed by atoms with Crippen molar-refractivity contribution in [3.05, 3.63) is 66.0 Å². The number of rotatable bonds is 7. The molecule has 3 atom stereocenters. The first-order chi connectivity index (χ1) is 14.2. The van der Waals surface area contributed by atoms with Crippen LogP contribution >= 0.6 is 0 Å². The average molecular weight is 394 g/mol. The highest BCUT2D eigenvalue weighted by atomic mass is 16.5. The SMILES string of the molecule is CO[C@H]1CN(c2nnc(C(C)c3cnccn3)n2Cc2ccccc2)C[C@H]1OC. The van der Waals surface area contributed by atoms with Gasteiger partial charge in [-0.1, -0.05) is 30.3 Å². The highest BCUT2D eigenvalue weighted by molar-refractivity contribution is 5.37. The molecule has 1 aliphatic rings. The molecule has 3 heterocycles. The first kappa shape index (κ1) is 19.5. The van der Waals surface area contributed by atoms with E-state index in [1.165, 1.54) is 5.56 Å². The number of nitrogens with zero attached hydrogens (tertiary/aromatic N) is 6. The molecule has 1 unspecified atom stereocenters. The van der Waals surface area contributed by atoms with Crippen LogP contribution in [0.15, 0.2) is 48.9 Å². The van der Waals surface area contributed by atoms with Crippen LogP contribution < -0.4 is 4.90 Å². The third-order valence-corrected chi connectivity index (χ3v) is 5.46. The maximum absolute atomic E-state index is 5.61. The number of aromatic nitrogens is 5. The molecule has 0 radical (unpaired) electrons. The van der Waals surface area contributed by atoms with Crippen molar-refractivity contribution in [2.24, 2.45) is 0 Å². The lowest BCUT2D eigenvalue weighted by molar-refractivity contribution is -0.00461. The minimum Gasteiger partial charge on any atom is -0.377 e. The molecule has 0 N–H and O–H groups in total. The van der Waals surface area contributed by atoms with E-state index in [4.69, 9.17) is 9.47 Å². The van der Waals surface area contributed by atoms with Crippen LogP contribution in [0.4, 0.5) is 5.95 Å². The van der Waals surface area contributed by atoms with Crippen molar-refractivity contribution in [3.63, 3.8) is 0 Å². The van der Waals surface area contributed by atoms with Crippen LogP contribution in [0, 0.1) is 0 Å². The summed E-state index contributed by atoms with van der Waals surface area (Å²) in [4.78, 5) is 10.9. The van der Waals surface area contributed by atoms with Gasteiger partial charge in [-0.3, -0.25) is 14.5 Å². The second-order valence-electron chi connectivity index (χ2n) is 7.24. The first-order valence-corrected chi connectivity index (χ1v) is 9.74. The number of anilines is 1. The van der Waals surface area contributed by atoms with Crippen molar-refractivity contribution in [3.8, 4) is 0 Å². The second-order valence-corrected chi connectivity index (χ2v) is 7.24. The fraction of sp³-hybridized carbons (Fsp3) is 0.429. The van der Waals surface area contributed by atoms with E-state index in [0.29, 0.717) is 19.6 Å². The fourth-order valence-electron chi connectivity index (χ4n) is 3.80. The molecule has 3 aromatic rings. The molecule has 8 nitrogen and oxygen atoms in total. The summed E-state index contributed by atoms with van der Waals surface area (Å²) in [6.45, 7) is 4.18. The Morgan fingerprint density at radius 2 is 1.76 bits per heavy atom. The summed E-state index contributed by atoms with van der Waals surface area (Å²) in [5, 5.41) is 9.11. The monoisotopic (exact) mass is 394 g/mol. The van der Waals surface area contributed by atoms with Crippen molar-refractivity contribution in [2.45, 2.75) is 31.6 Å². The molecule has 1 fully saturated rings. The van der Waals surface area contributed by atoms with Gasteiger partial charge in [0.2, 0.25) is 5.95 Å². The van der Waals surface area contributed by atoms with Crippen molar-refractivity contribution < 1.29 is 9.47 Å². The summed E-state index contributed by atoms with van der Waals surface area (Å²) in [6.07, 6.45) is 5.17. The quantitative estimate of drug-likeness (QED) is 0.607. The van der Waals surface area contributed by atoms with Gasteiger partial charge < -0.3 is 14.4 Å². The number of hydrogen-bond donors (Lipinski definition) is 0. The summed E-state index contributed by atoms with van der Waals surface area (Å²) < 4.78 is 13.4. The summed E-state index contributed by atoms with van der Waals surface area (Å²) in [5.74, 6) is 1.65. The molecule has 29 heavy (non-hydrogen) atoms. The van der Waals surface area contributed by atoms with Gasteiger partial charge in [-0.2, -0.15) is 0 Å². The Labute approximate surface area is 170 Å². The summed E-state index contributed by atoms with van der Waals surface area (Å²) >= 11 is 0. The van der Waals surface area contributed by atoms with Crippen molar-refractivity contribution in [2.75, 3.05) is 32.2 Å². The van der Waals surface area contributed by atoms with Crippen LogP contribution in [0.25, 0.3) is 0 Å². The van der Waals surface area contributed by atoms with E-state index in [1.807, 2.05) is 18.2 Å². The van der Waals surface area contributed by atoms with Gasteiger partial charge in [-0.15, -0.1) is 10.2 Å². The number of ether oxygens (including phenoxy) is 2. The van der Waals surface area contributed by atoms with Crippen LogP contribution in [-0.2, 0) is 16.0 Å². The largest absolute Gasteiger partial charge is 0.377 e. The van der Waals surface area contributed by atoms with Crippen molar-refractivity contribution in [1.29, 1.82) is 0 Å². The van der Waals surface area contributed by atoms with Gasteiger partial charge in [-0.05, 0) is 12.5 Å². The standard InChI is InChI=1S/C21H26N6O2/c1-15(17-11-22-9-10-23-17)20-24-25-21(26-13-18(28-2)19(14-26)29-3)27(20)12-16-7-5-4-6-8-16/h4-11,15,18-19H,12-14H2,1-3H3/t15?,18-,19+. The number of methoxy groups -OCH3 is 2. The van der Waals surface area contributed by atoms with Crippen LogP contribution in [0.3, 0.4) is 0 Å². The Balaban J connectivity index is 1.71. The van der Waals surface area contributed by atoms with Crippen molar-refractivity contribution in [1.82, 2.24) is 24.7 Å². The van der Waals surface area contributed by atoms with E-state index in [-0.39, 0.29) is 18.1 Å². The van der Waals surface area contributed by atoms with E-state index in [2.05, 4.69) is 48.7 Å². The van der Waals surface area contributed by atoms with Crippen LogP contribution in [0.5, 0.6) is 0 Å². The predicted molar refractivity (Wildman–Crippen MR) is 109 cm³/mol. The zero-order valence-corrected chi connectivity index (χ0v) is 17.0. The van der Waals surface area contributed by atoms with Gasteiger partial charge in [0.1, 0.15) is 18.0 Å². The average Bonchev–Trinajstić information content (AvgIpc) is 3.38. The van der Waals surface area contributed by atoms with Crippen LogP contribution in [-0.4, -0.2) is 64.2 Å². The minimum atomic E-state index is -0.0345. The summed E-state index contributed by atoms with van der Waals surface area (Å²) in [7, 11) is 3.44. The van der Waals surface area contributed by atoms with Gasteiger partial charge in [0, 0.05) is 45.9 Å². The van der Waals surface area contributed by atoms with Gasteiger partial charge in [0.15, 0.2) is 0 Å². The molecule has 1 saturated heterocycles. The second kappa shape index (κ2) is 8.67. The maximum Gasteiger partial charge on any atom is 0.227 e. The lowest BCUT2D eigenvalue weighted by Gasteiger charge is -2.20. The van der Waals surface area contributed by atoms with Gasteiger partial charge in [-0.25, -0.2) is 0 Å². The molecule has 1 aromatic carbocycles. The van der Waals surface area contributed by atoms with E-state index >= 15 is 0 Å².